The summed E-state index contributed by atoms with van der Waals surface area (Å²) in [7, 11) is 0. The number of rotatable bonds is 1. The molecule has 2 rings (SSSR count). The number of esters is 1. The molecule has 2 aromatic rings. The van der Waals surface area contributed by atoms with Gasteiger partial charge in [-0.1, -0.05) is 17.7 Å². The Kier molecular flexibility index (Phi) is 2.17. The Hall–Kier alpha value is -1.48. The van der Waals surface area contributed by atoms with Crippen LogP contribution in [0.3, 0.4) is 0 Å². The van der Waals surface area contributed by atoms with Crippen LogP contribution in [0.1, 0.15) is 6.92 Å². The number of carbonyl (C=O) groups is 1. The molecule has 14 heavy (non-hydrogen) atoms. The minimum atomic E-state index is -0.342. The molecule has 0 saturated carbocycles. The molecule has 0 amide bonds. The molecular weight excluding hydrogens is 202 g/mol. The number of fused-ring (bicyclic) bond motifs is 1. The highest BCUT2D eigenvalue weighted by Crippen LogP contribution is 2.29. The lowest BCUT2D eigenvalue weighted by atomic mass is 10.2. The Balaban J connectivity index is 2.58. The number of carbonyl (C=O) groups excluding carboxylic acids is 1. The average molecular weight is 210 g/mol. The van der Waals surface area contributed by atoms with Gasteiger partial charge in [-0.15, -0.1) is 0 Å². The number of H-pyrrole nitrogens is 1. The molecule has 1 aromatic carbocycles. The van der Waals surface area contributed by atoms with Crippen LogP contribution in [0.15, 0.2) is 24.4 Å². The van der Waals surface area contributed by atoms with Crippen LogP contribution in [0.25, 0.3) is 10.9 Å². The van der Waals surface area contributed by atoms with Gasteiger partial charge in [-0.05, 0) is 12.1 Å². The maximum atomic E-state index is 10.8. The maximum Gasteiger partial charge on any atom is 0.308 e. The van der Waals surface area contributed by atoms with Crippen LogP contribution in [0, 0.1) is 0 Å². The Morgan fingerprint density at radius 1 is 1.50 bits per heavy atom. The summed E-state index contributed by atoms with van der Waals surface area (Å²) in [6.45, 7) is 1.36. The molecule has 0 aliphatic carbocycles. The van der Waals surface area contributed by atoms with Crippen LogP contribution in [-0.2, 0) is 4.79 Å². The zero-order chi connectivity index (χ0) is 10.1. The second kappa shape index (κ2) is 3.35. The second-order valence-electron chi connectivity index (χ2n) is 2.91. The molecule has 0 aliphatic rings. The van der Waals surface area contributed by atoms with Gasteiger partial charge in [-0.3, -0.25) is 4.79 Å². The third-order valence-electron chi connectivity index (χ3n) is 1.88. The third kappa shape index (κ3) is 1.46. The molecule has 0 bridgehead atoms. The van der Waals surface area contributed by atoms with Gasteiger partial charge in [0.1, 0.15) is 0 Å². The minimum absolute atomic E-state index is 0.342. The van der Waals surface area contributed by atoms with Crippen molar-refractivity contribution >= 4 is 28.5 Å². The topological polar surface area (TPSA) is 42.1 Å². The van der Waals surface area contributed by atoms with E-state index in [4.69, 9.17) is 16.3 Å². The molecule has 4 heteroatoms. The van der Waals surface area contributed by atoms with E-state index in [1.54, 1.807) is 12.3 Å². The SMILES string of the molecule is CC(=O)Oc1c[nH]c2c(Cl)cccc12. The van der Waals surface area contributed by atoms with Gasteiger partial charge >= 0.3 is 5.97 Å². The standard InChI is InChI=1S/C10H8ClNO2/c1-6(13)14-9-5-12-10-7(9)3-2-4-8(10)11/h2-5,12H,1H3. The zero-order valence-electron chi connectivity index (χ0n) is 7.50. The number of aromatic nitrogens is 1. The Labute approximate surface area is 85.6 Å². The molecule has 0 atom stereocenters. The first-order chi connectivity index (χ1) is 6.68. The van der Waals surface area contributed by atoms with Gasteiger partial charge in [0.15, 0.2) is 5.75 Å². The number of hydrogen-bond acceptors (Lipinski definition) is 2. The van der Waals surface area contributed by atoms with E-state index in [-0.39, 0.29) is 5.97 Å². The fraction of sp³-hybridized carbons (Fsp3) is 0.100. The smallest absolute Gasteiger partial charge is 0.308 e. The van der Waals surface area contributed by atoms with E-state index in [0.29, 0.717) is 10.8 Å². The monoisotopic (exact) mass is 209 g/mol. The van der Waals surface area contributed by atoms with Crippen molar-refractivity contribution in [2.45, 2.75) is 6.92 Å². The highest BCUT2D eigenvalue weighted by molar-refractivity contribution is 6.35. The first kappa shape index (κ1) is 9.09. The third-order valence-corrected chi connectivity index (χ3v) is 2.20. The Bertz CT molecular complexity index is 490. The molecule has 0 unspecified atom stereocenters. The van der Waals surface area contributed by atoms with E-state index >= 15 is 0 Å². The van der Waals surface area contributed by atoms with Gasteiger partial charge in [0.05, 0.1) is 10.5 Å². The van der Waals surface area contributed by atoms with Gasteiger partial charge < -0.3 is 9.72 Å². The van der Waals surface area contributed by atoms with Crippen LogP contribution in [0.4, 0.5) is 0 Å². The molecule has 0 fully saturated rings. The van der Waals surface area contributed by atoms with Crippen molar-refractivity contribution in [2.75, 3.05) is 0 Å². The van der Waals surface area contributed by atoms with Crippen molar-refractivity contribution in [3.63, 3.8) is 0 Å². The second-order valence-corrected chi connectivity index (χ2v) is 3.32. The van der Waals surface area contributed by atoms with Crippen molar-refractivity contribution < 1.29 is 9.53 Å². The van der Waals surface area contributed by atoms with Crippen molar-refractivity contribution in [3.05, 3.63) is 29.4 Å². The maximum absolute atomic E-state index is 10.8. The average Bonchev–Trinajstić information content (AvgIpc) is 2.49. The first-order valence-electron chi connectivity index (χ1n) is 4.12. The minimum Gasteiger partial charge on any atom is -0.424 e. The lowest BCUT2D eigenvalue weighted by Gasteiger charge is -1.98. The quantitative estimate of drug-likeness (QED) is 0.734. The van der Waals surface area contributed by atoms with Crippen LogP contribution in [-0.4, -0.2) is 11.0 Å². The van der Waals surface area contributed by atoms with Crippen molar-refractivity contribution in [3.8, 4) is 5.75 Å². The van der Waals surface area contributed by atoms with E-state index in [1.165, 1.54) is 6.92 Å². The summed E-state index contributed by atoms with van der Waals surface area (Å²) in [6, 6.07) is 5.43. The zero-order valence-corrected chi connectivity index (χ0v) is 8.26. The van der Waals surface area contributed by atoms with Crippen LogP contribution in [0.2, 0.25) is 5.02 Å². The molecule has 0 radical (unpaired) electrons. The summed E-state index contributed by atoms with van der Waals surface area (Å²) in [5.41, 5.74) is 0.783. The van der Waals surface area contributed by atoms with Crippen LogP contribution in [0.5, 0.6) is 5.75 Å². The van der Waals surface area contributed by atoms with Gasteiger partial charge in [0.2, 0.25) is 0 Å². The van der Waals surface area contributed by atoms with Crippen molar-refractivity contribution in [2.24, 2.45) is 0 Å². The summed E-state index contributed by atoms with van der Waals surface area (Å²) in [5.74, 6) is 0.167. The van der Waals surface area contributed by atoms with E-state index in [0.717, 1.165) is 10.9 Å². The first-order valence-corrected chi connectivity index (χ1v) is 4.50. The predicted molar refractivity (Wildman–Crippen MR) is 54.6 cm³/mol. The van der Waals surface area contributed by atoms with Gasteiger partial charge in [-0.2, -0.15) is 0 Å². The summed E-state index contributed by atoms with van der Waals surface area (Å²) < 4.78 is 4.99. The molecule has 1 aromatic heterocycles. The summed E-state index contributed by atoms with van der Waals surface area (Å²) in [5, 5.41) is 1.42. The number of para-hydroxylation sites is 1. The van der Waals surface area contributed by atoms with Crippen molar-refractivity contribution in [1.82, 2.24) is 4.98 Å². The lowest BCUT2D eigenvalue weighted by molar-refractivity contribution is -0.131. The van der Waals surface area contributed by atoms with Gasteiger partial charge in [0.25, 0.3) is 0 Å². The highest BCUT2D eigenvalue weighted by Gasteiger charge is 2.08. The van der Waals surface area contributed by atoms with E-state index in [9.17, 15) is 4.79 Å². The largest absolute Gasteiger partial charge is 0.424 e. The van der Waals surface area contributed by atoms with Crippen LogP contribution < -0.4 is 4.74 Å². The number of aromatic amines is 1. The van der Waals surface area contributed by atoms with Crippen LogP contribution >= 0.6 is 11.6 Å². The molecule has 72 valence electrons. The molecule has 1 heterocycles. The number of halogens is 1. The summed E-state index contributed by atoms with van der Waals surface area (Å²) >= 11 is 5.94. The Morgan fingerprint density at radius 2 is 2.29 bits per heavy atom. The van der Waals surface area contributed by atoms with Gasteiger partial charge in [-0.25, -0.2) is 0 Å². The van der Waals surface area contributed by atoms with Crippen molar-refractivity contribution in [1.29, 1.82) is 0 Å². The predicted octanol–water partition coefficient (Wildman–Crippen LogP) is 2.75. The van der Waals surface area contributed by atoms with E-state index < -0.39 is 0 Å². The van der Waals surface area contributed by atoms with E-state index in [2.05, 4.69) is 4.98 Å². The number of ether oxygens (including phenoxy) is 1. The summed E-state index contributed by atoms with van der Waals surface area (Å²) in [4.78, 5) is 13.7. The Morgan fingerprint density at radius 3 is 3.00 bits per heavy atom. The normalized spacial score (nSPS) is 10.4. The van der Waals surface area contributed by atoms with Gasteiger partial charge in [0, 0.05) is 18.5 Å². The number of nitrogens with one attached hydrogen (secondary N) is 1. The molecule has 0 saturated heterocycles. The molecule has 0 spiro atoms. The lowest BCUT2D eigenvalue weighted by Crippen LogP contribution is -2.00. The molecule has 1 N–H and O–H groups in total. The molecule has 3 nitrogen and oxygen atoms in total. The van der Waals surface area contributed by atoms with E-state index in [1.807, 2.05) is 12.1 Å². The molecular formula is C10H8ClNO2. The fourth-order valence-electron chi connectivity index (χ4n) is 1.33. The number of hydrogen-bond donors (Lipinski definition) is 1. The molecule has 0 aliphatic heterocycles. The summed E-state index contributed by atoms with van der Waals surface area (Å²) in [6.07, 6.45) is 1.62. The fourth-order valence-corrected chi connectivity index (χ4v) is 1.56. The highest BCUT2D eigenvalue weighted by atomic mass is 35.5. The number of benzene rings is 1.